The molecule has 0 aromatic carbocycles. The second-order valence-electron chi connectivity index (χ2n) is 6.90. The maximum atomic E-state index is 13.0. The molecule has 0 radical (unpaired) electrons. The first-order chi connectivity index (χ1) is 12.8. The van der Waals surface area contributed by atoms with Crippen molar-refractivity contribution >= 4 is 17.7 Å². The molecule has 26 heavy (non-hydrogen) atoms. The lowest BCUT2D eigenvalue weighted by atomic mass is 10.00. The summed E-state index contributed by atoms with van der Waals surface area (Å²) in [6.45, 7) is 2.42. The SMILES string of the molecule is O=C(C1CCSCC1)N1Cc2ccnn2C(COCc2ccncc2)C1. The highest BCUT2D eigenvalue weighted by atomic mass is 32.2. The highest BCUT2D eigenvalue weighted by molar-refractivity contribution is 7.99. The van der Waals surface area contributed by atoms with Gasteiger partial charge in [0.1, 0.15) is 0 Å². The van der Waals surface area contributed by atoms with Gasteiger partial charge in [0.15, 0.2) is 0 Å². The van der Waals surface area contributed by atoms with Crippen LogP contribution in [0.1, 0.15) is 30.1 Å². The molecule has 138 valence electrons. The number of ether oxygens (including phenoxy) is 1. The molecule has 1 amide bonds. The van der Waals surface area contributed by atoms with Crippen LogP contribution in [0, 0.1) is 5.92 Å². The maximum Gasteiger partial charge on any atom is 0.226 e. The lowest BCUT2D eigenvalue weighted by molar-refractivity contribution is -0.138. The zero-order valence-corrected chi connectivity index (χ0v) is 15.6. The van der Waals surface area contributed by atoms with Crippen LogP contribution in [0.4, 0.5) is 0 Å². The molecule has 2 aliphatic heterocycles. The van der Waals surface area contributed by atoms with Gasteiger partial charge in [0, 0.05) is 31.1 Å². The van der Waals surface area contributed by atoms with Crippen molar-refractivity contribution in [2.24, 2.45) is 5.92 Å². The third-order valence-electron chi connectivity index (χ3n) is 5.09. The standard InChI is InChI=1S/C19H24N4O2S/c24-19(16-4-9-26-10-5-16)22-11-17-3-8-21-23(17)18(12-22)14-25-13-15-1-6-20-7-2-15/h1-3,6-8,16,18H,4-5,9-14H2. The molecule has 1 saturated heterocycles. The Kier molecular flexibility index (Phi) is 5.55. The van der Waals surface area contributed by atoms with Gasteiger partial charge >= 0.3 is 0 Å². The summed E-state index contributed by atoms with van der Waals surface area (Å²) in [6, 6.07) is 5.98. The molecule has 4 rings (SSSR count). The molecule has 0 aliphatic carbocycles. The third-order valence-corrected chi connectivity index (χ3v) is 6.14. The molecule has 6 nitrogen and oxygen atoms in total. The van der Waals surface area contributed by atoms with Crippen LogP contribution >= 0.6 is 11.8 Å². The fraction of sp³-hybridized carbons (Fsp3) is 0.526. The summed E-state index contributed by atoms with van der Waals surface area (Å²) in [4.78, 5) is 19.0. The Balaban J connectivity index is 1.40. The van der Waals surface area contributed by atoms with Crippen molar-refractivity contribution in [3.63, 3.8) is 0 Å². The van der Waals surface area contributed by atoms with E-state index in [0.29, 0.717) is 32.2 Å². The second kappa shape index (κ2) is 8.22. The number of fused-ring (bicyclic) bond motifs is 1. The van der Waals surface area contributed by atoms with E-state index in [-0.39, 0.29) is 12.0 Å². The number of nitrogens with zero attached hydrogens (tertiary/aromatic N) is 4. The summed E-state index contributed by atoms with van der Waals surface area (Å²) in [6.07, 6.45) is 7.36. The normalized spacial score (nSPS) is 20.8. The van der Waals surface area contributed by atoms with Crippen LogP contribution in [0.15, 0.2) is 36.8 Å². The number of pyridine rings is 1. The van der Waals surface area contributed by atoms with Gasteiger partial charge in [-0.1, -0.05) is 0 Å². The number of aromatic nitrogens is 3. The lowest BCUT2D eigenvalue weighted by Gasteiger charge is -2.36. The first kappa shape index (κ1) is 17.5. The van der Waals surface area contributed by atoms with Crippen LogP contribution in [0.5, 0.6) is 0 Å². The summed E-state index contributed by atoms with van der Waals surface area (Å²) in [5.41, 5.74) is 2.19. The molecule has 0 saturated carbocycles. The maximum absolute atomic E-state index is 13.0. The zero-order valence-electron chi connectivity index (χ0n) is 14.8. The fourth-order valence-corrected chi connectivity index (χ4v) is 4.78. The summed E-state index contributed by atoms with van der Waals surface area (Å²) >= 11 is 1.95. The molecule has 0 spiro atoms. The molecular weight excluding hydrogens is 348 g/mol. The summed E-state index contributed by atoms with van der Waals surface area (Å²) in [7, 11) is 0. The monoisotopic (exact) mass is 372 g/mol. The summed E-state index contributed by atoms with van der Waals surface area (Å²) in [5.74, 6) is 2.68. The van der Waals surface area contributed by atoms with E-state index in [4.69, 9.17) is 4.74 Å². The average molecular weight is 372 g/mol. The Bertz CT molecular complexity index is 730. The minimum Gasteiger partial charge on any atom is -0.374 e. The Hall–Kier alpha value is -1.86. The van der Waals surface area contributed by atoms with Crippen molar-refractivity contribution < 1.29 is 9.53 Å². The zero-order chi connectivity index (χ0) is 17.8. The molecule has 4 heterocycles. The lowest BCUT2D eigenvalue weighted by Crippen LogP contribution is -2.45. The number of thioether (sulfide) groups is 1. The van der Waals surface area contributed by atoms with E-state index < -0.39 is 0 Å². The summed E-state index contributed by atoms with van der Waals surface area (Å²) < 4.78 is 7.95. The van der Waals surface area contributed by atoms with Gasteiger partial charge in [-0.05, 0) is 48.1 Å². The van der Waals surface area contributed by atoms with Crippen LogP contribution < -0.4 is 0 Å². The van der Waals surface area contributed by atoms with E-state index in [0.717, 1.165) is 35.6 Å². The van der Waals surface area contributed by atoms with Crippen molar-refractivity contribution in [2.45, 2.75) is 32.0 Å². The predicted molar refractivity (Wildman–Crippen MR) is 101 cm³/mol. The van der Waals surface area contributed by atoms with Crippen LogP contribution in [0.25, 0.3) is 0 Å². The first-order valence-corrected chi connectivity index (χ1v) is 10.3. The van der Waals surface area contributed by atoms with Crippen molar-refractivity contribution in [2.75, 3.05) is 24.7 Å². The fourth-order valence-electron chi connectivity index (χ4n) is 3.67. The number of carbonyl (C=O) groups excluding carboxylic acids is 1. The Morgan fingerprint density at radius 2 is 2.00 bits per heavy atom. The van der Waals surface area contributed by atoms with Crippen molar-refractivity contribution in [1.82, 2.24) is 19.7 Å². The Morgan fingerprint density at radius 1 is 1.19 bits per heavy atom. The van der Waals surface area contributed by atoms with E-state index >= 15 is 0 Å². The topological polar surface area (TPSA) is 60.2 Å². The average Bonchev–Trinajstić information content (AvgIpc) is 3.18. The van der Waals surface area contributed by atoms with E-state index in [1.54, 1.807) is 12.4 Å². The van der Waals surface area contributed by atoms with Crippen LogP contribution in [-0.4, -0.2) is 50.2 Å². The molecular formula is C19H24N4O2S. The van der Waals surface area contributed by atoms with Gasteiger partial charge in [-0.2, -0.15) is 16.9 Å². The minimum absolute atomic E-state index is 0.0671. The smallest absolute Gasteiger partial charge is 0.226 e. The molecule has 0 bridgehead atoms. The number of carbonyl (C=O) groups is 1. The minimum atomic E-state index is 0.0671. The molecule has 2 aromatic rings. The molecule has 0 N–H and O–H groups in total. The van der Waals surface area contributed by atoms with Gasteiger partial charge in [-0.3, -0.25) is 14.5 Å². The number of hydrogen-bond acceptors (Lipinski definition) is 5. The van der Waals surface area contributed by atoms with E-state index in [1.807, 2.05) is 45.7 Å². The number of rotatable bonds is 5. The molecule has 2 aromatic heterocycles. The Morgan fingerprint density at radius 3 is 2.81 bits per heavy atom. The highest BCUT2D eigenvalue weighted by Crippen LogP contribution is 2.28. The molecule has 1 unspecified atom stereocenters. The van der Waals surface area contributed by atoms with Gasteiger partial charge < -0.3 is 9.64 Å². The van der Waals surface area contributed by atoms with E-state index in [2.05, 4.69) is 10.1 Å². The number of hydrogen-bond donors (Lipinski definition) is 0. The second-order valence-corrected chi connectivity index (χ2v) is 8.12. The third kappa shape index (κ3) is 3.94. The van der Waals surface area contributed by atoms with Crippen LogP contribution in [-0.2, 0) is 22.7 Å². The molecule has 7 heteroatoms. The van der Waals surface area contributed by atoms with Crippen molar-refractivity contribution in [1.29, 1.82) is 0 Å². The first-order valence-electron chi connectivity index (χ1n) is 9.17. The molecule has 1 atom stereocenters. The van der Waals surface area contributed by atoms with E-state index in [1.165, 1.54) is 0 Å². The van der Waals surface area contributed by atoms with Gasteiger partial charge in [0.25, 0.3) is 0 Å². The van der Waals surface area contributed by atoms with Crippen molar-refractivity contribution in [3.8, 4) is 0 Å². The van der Waals surface area contributed by atoms with Gasteiger partial charge in [0.2, 0.25) is 5.91 Å². The number of amides is 1. The van der Waals surface area contributed by atoms with Crippen LogP contribution in [0.3, 0.4) is 0 Å². The van der Waals surface area contributed by atoms with Gasteiger partial charge in [0.05, 0.1) is 31.5 Å². The van der Waals surface area contributed by atoms with Crippen molar-refractivity contribution in [3.05, 3.63) is 48.0 Å². The predicted octanol–water partition coefficient (Wildman–Crippen LogP) is 2.52. The van der Waals surface area contributed by atoms with E-state index in [9.17, 15) is 4.79 Å². The molecule has 1 fully saturated rings. The Labute approximate surface area is 157 Å². The highest BCUT2D eigenvalue weighted by Gasteiger charge is 2.32. The van der Waals surface area contributed by atoms with Gasteiger partial charge in [-0.25, -0.2) is 0 Å². The van der Waals surface area contributed by atoms with Gasteiger partial charge in [-0.15, -0.1) is 0 Å². The summed E-state index contributed by atoms with van der Waals surface area (Å²) in [5, 5.41) is 4.46. The quantitative estimate of drug-likeness (QED) is 0.807. The van der Waals surface area contributed by atoms with Crippen LogP contribution in [0.2, 0.25) is 0 Å². The largest absolute Gasteiger partial charge is 0.374 e. The molecule has 2 aliphatic rings.